The number of rotatable bonds is 4. The Morgan fingerprint density at radius 1 is 0.957 bits per heavy atom. The number of benzene rings is 2. The van der Waals surface area contributed by atoms with E-state index in [-0.39, 0.29) is 4.90 Å². The molecule has 0 unspecified atom stereocenters. The maximum atomic E-state index is 13.8. The molecule has 0 bridgehead atoms. The van der Waals surface area contributed by atoms with Crippen molar-refractivity contribution in [3.05, 3.63) is 59.7 Å². The molecule has 122 valence electrons. The van der Waals surface area contributed by atoms with Gasteiger partial charge < -0.3 is 4.55 Å². The molecule has 2 rings (SSSR count). The highest BCUT2D eigenvalue weighted by atomic mass is 32.2. The Morgan fingerprint density at radius 3 is 1.83 bits per heavy atom. The lowest BCUT2D eigenvalue weighted by atomic mass is 10.2. The third-order valence-electron chi connectivity index (χ3n) is 2.77. The highest BCUT2D eigenvalue weighted by Crippen LogP contribution is 2.37. The van der Waals surface area contributed by atoms with E-state index in [0.717, 1.165) is 0 Å². The van der Waals surface area contributed by atoms with Crippen molar-refractivity contribution in [2.75, 3.05) is 0 Å². The van der Waals surface area contributed by atoms with Crippen LogP contribution in [0.4, 0.5) is 17.6 Å². The van der Waals surface area contributed by atoms with E-state index in [1.54, 1.807) is 12.1 Å². The van der Waals surface area contributed by atoms with Crippen LogP contribution < -0.4 is 0 Å². The summed E-state index contributed by atoms with van der Waals surface area (Å²) in [6, 6.07) is 5.95. The fourth-order valence-corrected chi connectivity index (χ4v) is 3.17. The third-order valence-corrected chi connectivity index (χ3v) is 4.70. The molecule has 2 aromatic rings. The van der Waals surface area contributed by atoms with E-state index in [1.807, 2.05) is 0 Å². The topological polar surface area (TPSA) is 57.2 Å². The lowest BCUT2D eigenvalue weighted by Gasteiger charge is -2.13. The van der Waals surface area contributed by atoms with Crippen LogP contribution in [0.1, 0.15) is 5.56 Å². The molecule has 2 aromatic carbocycles. The zero-order valence-corrected chi connectivity index (χ0v) is 12.8. The van der Waals surface area contributed by atoms with Gasteiger partial charge in [0.25, 0.3) is 0 Å². The minimum Gasteiger partial charge on any atom is -0.744 e. The summed E-state index contributed by atoms with van der Waals surface area (Å²) in [5.41, 5.74) is 0.709. The van der Waals surface area contributed by atoms with Gasteiger partial charge in [-0.1, -0.05) is 36.5 Å². The molecule has 0 fully saturated rings. The predicted molar refractivity (Wildman–Crippen MR) is 74.9 cm³/mol. The molecular weight excluding hydrogens is 356 g/mol. The summed E-state index contributed by atoms with van der Waals surface area (Å²) in [5.74, 6) is -8.39. The van der Waals surface area contributed by atoms with Gasteiger partial charge in [0.05, 0.1) is 4.90 Å². The molecule has 0 spiro atoms. The summed E-state index contributed by atoms with van der Waals surface area (Å²) in [5, 5.41) is 0. The smallest absolute Gasteiger partial charge is 0.180 e. The zero-order valence-electron chi connectivity index (χ0n) is 11.1. The van der Waals surface area contributed by atoms with Crippen molar-refractivity contribution in [1.29, 1.82) is 0 Å². The van der Waals surface area contributed by atoms with E-state index < -0.39 is 43.2 Å². The van der Waals surface area contributed by atoms with Crippen LogP contribution >= 0.6 is 11.8 Å². The molecule has 0 saturated carbocycles. The number of hydrogen-bond acceptors (Lipinski definition) is 4. The van der Waals surface area contributed by atoms with Gasteiger partial charge in [-0.25, -0.2) is 26.0 Å². The molecule has 0 aliphatic rings. The van der Waals surface area contributed by atoms with Crippen LogP contribution in [-0.2, 0) is 10.1 Å². The van der Waals surface area contributed by atoms with E-state index in [9.17, 15) is 30.5 Å². The Balaban J connectivity index is 2.57. The van der Waals surface area contributed by atoms with Crippen LogP contribution in [0.3, 0.4) is 0 Å². The van der Waals surface area contributed by atoms with Crippen molar-refractivity contribution in [3.63, 3.8) is 0 Å². The fraction of sp³-hybridized carbons (Fsp3) is 0. The number of halogens is 4. The normalized spacial score (nSPS) is 11.5. The fourth-order valence-electron chi connectivity index (χ4n) is 1.69. The average molecular weight is 363 g/mol. The molecule has 0 atom stereocenters. The minimum absolute atomic E-state index is 0.241. The van der Waals surface area contributed by atoms with Gasteiger partial charge in [-0.15, -0.1) is 0 Å². The highest BCUT2D eigenvalue weighted by molar-refractivity contribution is 7.99. The third kappa shape index (κ3) is 3.41. The second-order valence-electron chi connectivity index (χ2n) is 4.24. The van der Waals surface area contributed by atoms with Gasteiger partial charge in [0.15, 0.2) is 23.3 Å². The molecule has 0 aliphatic carbocycles. The molecule has 0 aliphatic heterocycles. The summed E-state index contributed by atoms with van der Waals surface area (Å²) >= 11 is 0.347. The maximum absolute atomic E-state index is 13.8. The molecule has 0 amide bonds. The van der Waals surface area contributed by atoms with Crippen LogP contribution in [0.2, 0.25) is 0 Å². The van der Waals surface area contributed by atoms with Crippen molar-refractivity contribution in [3.8, 4) is 0 Å². The lowest BCUT2D eigenvalue weighted by molar-refractivity contribution is 0.381. The predicted octanol–water partition coefficient (Wildman–Crippen LogP) is 3.94. The summed E-state index contributed by atoms with van der Waals surface area (Å²) in [4.78, 5) is -3.01. The van der Waals surface area contributed by atoms with Crippen LogP contribution in [0, 0.1) is 23.3 Å². The van der Waals surface area contributed by atoms with Gasteiger partial charge in [-0.2, -0.15) is 0 Å². The van der Waals surface area contributed by atoms with Crippen molar-refractivity contribution >= 4 is 28.0 Å². The van der Waals surface area contributed by atoms with Crippen LogP contribution in [-0.4, -0.2) is 13.0 Å². The first kappa shape index (κ1) is 17.5. The second kappa shape index (κ2) is 6.34. The molecule has 0 aromatic heterocycles. The van der Waals surface area contributed by atoms with Gasteiger partial charge in [-0.3, -0.25) is 0 Å². The molecule has 3 nitrogen and oxygen atoms in total. The number of hydrogen-bond donors (Lipinski definition) is 0. The maximum Gasteiger partial charge on any atom is 0.180 e. The molecule has 0 N–H and O–H groups in total. The summed E-state index contributed by atoms with van der Waals surface area (Å²) < 4.78 is 87.2. The monoisotopic (exact) mass is 363 g/mol. The standard InChI is InChI=1S/C14H8F4O3S2/c1-2-7-3-5-8(6-4-7)22-13-9(15)11(17)14(23(19,20)21)12(18)10(13)16/h2-6H,1H2,(H,19,20,21)/p-1. The summed E-state index contributed by atoms with van der Waals surface area (Å²) in [6.45, 7) is 3.52. The lowest BCUT2D eigenvalue weighted by Crippen LogP contribution is -2.11. The van der Waals surface area contributed by atoms with Crippen molar-refractivity contribution in [2.24, 2.45) is 0 Å². The molecule has 23 heavy (non-hydrogen) atoms. The van der Waals surface area contributed by atoms with Crippen LogP contribution in [0.15, 0.2) is 45.5 Å². The Kier molecular flexibility index (Phi) is 4.83. The Labute approximate surface area is 133 Å². The molecule has 9 heteroatoms. The first-order valence-electron chi connectivity index (χ1n) is 5.89. The van der Waals surface area contributed by atoms with Gasteiger partial charge in [0.1, 0.15) is 15.0 Å². The first-order chi connectivity index (χ1) is 10.7. The Bertz CT molecular complexity index is 849. The second-order valence-corrected chi connectivity index (χ2v) is 6.64. The van der Waals surface area contributed by atoms with Crippen molar-refractivity contribution in [2.45, 2.75) is 14.7 Å². The zero-order chi connectivity index (χ0) is 17.4. The minimum atomic E-state index is -5.71. The molecule has 0 heterocycles. The van der Waals surface area contributed by atoms with Gasteiger partial charge in [0, 0.05) is 4.90 Å². The van der Waals surface area contributed by atoms with Crippen molar-refractivity contribution in [1.82, 2.24) is 0 Å². The van der Waals surface area contributed by atoms with Gasteiger partial charge >= 0.3 is 0 Å². The van der Waals surface area contributed by atoms with E-state index in [4.69, 9.17) is 0 Å². The SMILES string of the molecule is C=Cc1ccc(Sc2c(F)c(F)c(S(=O)(=O)[O-])c(F)c2F)cc1. The quantitative estimate of drug-likeness (QED) is 0.469. The van der Waals surface area contributed by atoms with E-state index in [0.29, 0.717) is 17.3 Å². The van der Waals surface area contributed by atoms with Crippen LogP contribution in [0.25, 0.3) is 6.08 Å². The van der Waals surface area contributed by atoms with E-state index in [1.165, 1.54) is 18.2 Å². The van der Waals surface area contributed by atoms with Crippen molar-refractivity contribution < 1.29 is 30.5 Å². The van der Waals surface area contributed by atoms with E-state index in [2.05, 4.69) is 6.58 Å². The molecule has 0 radical (unpaired) electrons. The van der Waals surface area contributed by atoms with Crippen LogP contribution in [0.5, 0.6) is 0 Å². The molecular formula is C14H7F4O3S2-. The largest absolute Gasteiger partial charge is 0.744 e. The molecule has 0 saturated heterocycles. The average Bonchev–Trinajstić information content (AvgIpc) is 2.49. The highest BCUT2D eigenvalue weighted by Gasteiger charge is 2.29. The van der Waals surface area contributed by atoms with Gasteiger partial charge in [0.2, 0.25) is 0 Å². The summed E-state index contributed by atoms with van der Waals surface area (Å²) in [6.07, 6.45) is 1.52. The van der Waals surface area contributed by atoms with Gasteiger partial charge in [-0.05, 0) is 17.7 Å². The Morgan fingerprint density at radius 2 is 1.43 bits per heavy atom. The Hall–Kier alpha value is -1.84. The first-order valence-corrected chi connectivity index (χ1v) is 8.11. The summed E-state index contributed by atoms with van der Waals surface area (Å²) in [7, 11) is -5.71. The van der Waals surface area contributed by atoms with E-state index >= 15 is 0 Å².